The average Bonchev–Trinajstić information content (AvgIpc) is 2.91. The fraction of sp³-hybridized carbons (Fsp3) is 0.320. The third-order valence-corrected chi connectivity index (χ3v) is 7.36. The Labute approximate surface area is 209 Å². The van der Waals surface area contributed by atoms with Gasteiger partial charge in [0.15, 0.2) is 5.82 Å². The van der Waals surface area contributed by atoms with Crippen LogP contribution in [0.1, 0.15) is 5.56 Å². The molecule has 0 atom stereocenters. The molecule has 1 aliphatic heterocycles. The highest BCUT2D eigenvalue weighted by Crippen LogP contribution is 2.28. The highest BCUT2D eigenvalue weighted by Gasteiger charge is 2.21. The fourth-order valence-electron chi connectivity index (χ4n) is 3.74. The summed E-state index contributed by atoms with van der Waals surface area (Å²) in [7, 11) is 1.68. The van der Waals surface area contributed by atoms with Crippen molar-refractivity contribution in [2.75, 3.05) is 55.1 Å². The standard InChI is InChI=1S/C25H29N5O2S2/c1-32-21-7-5-20(6-8-21)29-13-15-30(16-14-29)24-25(27-12-11-26-24)34-18-23(31)28-17-19-3-9-22(33-2)10-4-19/h3-12H,13-18H2,1-2H3,(H,28,31). The summed E-state index contributed by atoms with van der Waals surface area (Å²) in [5.74, 6) is 2.00. The number of hydrogen-bond acceptors (Lipinski definition) is 8. The summed E-state index contributed by atoms with van der Waals surface area (Å²) in [5.41, 5.74) is 2.28. The molecule has 4 rings (SSSR count). The zero-order chi connectivity index (χ0) is 23.8. The lowest BCUT2D eigenvalue weighted by Gasteiger charge is -2.37. The van der Waals surface area contributed by atoms with E-state index < -0.39 is 0 Å². The number of amides is 1. The molecule has 2 heterocycles. The summed E-state index contributed by atoms with van der Waals surface area (Å²) < 4.78 is 5.26. The molecular weight excluding hydrogens is 466 g/mol. The first-order valence-electron chi connectivity index (χ1n) is 11.1. The SMILES string of the molecule is COc1ccc(N2CCN(c3nccnc3SCC(=O)NCc3ccc(SC)cc3)CC2)cc1. The molecule has 1 saturated heterocycles. The Morgan fingerprint density at radius 2 is 1.65 bits per heavy atom. The normalized spacial score (nSPS) is 13.6. The number of benzene rings is 2. The van der Waals surface area contributed by atoms with Crippen molar-refractivity contribution in [3.8, 4) is 5.75 Å². The minimum Gasteiger partial charge on any atom is -0.497 e. The van der Waals surface area contributed by atoms with Gasteiger partial charge in [0.25, 0.3) is 0 Å². The van der Waals surface area contributed by atoms with Crippen LogP contribution in [0.4, 0.5) is 11.5 Å². The van der Waals surface area contributed by atoms with Crippen molar-refractivity contribution in [1.29, 1.82) is 0 Å². The summed E-state index contributed by atoms with van der Waals surface area (Å²) in [6, 6.07) is 16.4. The molecule has 9 heteroatoms. The molecule has 34 heavy (non-hydrogen) atoms. The van der Waals surface area contributed by atoms with Crippen molar-refractivity contribution in [3.63, 3.8) is 0 Å². The number of hydrogen-bond donors (Lipinski definition) is 1. The van der Waals surface area contributed by atoms with E-state index in [2.05, 4.69) is 55.6 Å². The van der Waals surface area contributed by atoms with E-state index in [0.29, 0.717) is 12.3 Å². The quantitative estimate of drug-likeness (QED) is 0.448. The number of nitrogens with one attached hydrogen (secondary N) is 1. The van der Waals surface area contributed by atoms with E-state index in [0.717, 1.165) is 48.3 Å². The van der Waals surface area contributed by atoms with E-state index in [9.17, 15) is 4.79 Å². The Kier molecular flexibility index (Phi) is 8.54. The van der Waals surface area contributed by atoms with E-state index in [1.54, 1.807) is 31.3 Å². The second kappa shape index (κ2) is 12.0. The van der Waals surface area contributed by atoms with Gasteiger partial charge >= 0.3 is 0 Å². The maximum absolute atomic E-state index is 12.4. The molecule has 178 valence electrons. The fourth-order valence-corrected chi connectivity index (χ4v) is 4.96. The molecule has 7 nitrogen and oxygen atoms in total. The Morgan fingerprint density at radius 1 is 0.971 bits per heavy atom. The molecule has 0 saturated carbocycles. The average molecular weight is 496 g/mol. The van der Waals surface area contributed by atoms with Crippen molar-refractivity contribution in [2.45, 2.75) is 16.5 Å². The molecule has 0 unspecified atom stereocenters. The van der Waals surface area contributed by atoms with Crippen LogP contribution in [-0.2, 0) is 11.3 Å². The summed E-state index contributed by atoms with van der Waals surface area (Å²) >= 11 is 3.14. The van der Waals surface area contributed by atoms with Crippen LogP contribution in [-0.4, -0.2) is 61.2 Å². The van der Waals surface area contributed by atoms with Gasteiger partial charge in [-0.15, -0.1) is 11.8 Å². The van der Waals surface area contributed by atoms with Crippen molar-refractivity contribution in [3.05, 3.63) is 66.5 Å². The number of aromatic nitrogens is 2. The molecule has 0 radical (unpaired) electrons. The van der Waals surface area contributed by atoms with Crippen molar-refractivity contribution in [2.24, 2.45) is 0 Å². The molecule has 1 aromatic heterocycles. The Hall–Kier alpha value is -2.91. The van der Waals surface area contributed by atoms with Crippen molar-refractivity contribution < 1.29 is 9.53 Å². The smallest absolute Gasteiger partial charge is 0.230 e. The maximum Gasteiger partial charge on any atom is 0.230 e. The van der Waals surface area contributed by atoms with Crippen LogP contribution in [0.5, 0.6) is 5.75 Å². The van der Waals surface area contributed by atoms with Gasteiger partial charge in [0.05, 0.1) is 12.9 Å². The lowest BCUT2D eigenvalue weighted by atomic mass is 10.2. The van der Waals surface area contributed by atoms with Gasteiger partial charge in [0, 0.05) is 55.7 Å². The van der Waals surface area contributed by atoms with Gasteiger partial charge in [0.2, 0.25) is 5.91 Å². The van der Waals surface area contributed by atoms with Crippen LogP contribution in [0.3, 0.4) is 0 Å². The van der Waals surface area contributed by atoms with E-state index in [1.165, 1.54) is 22.3 Å². The lowest BCUT2D eigenvalue weighted by Crippen LogP contribution is -2.47. The molecular formula is C25H29N5O2S2. The largest absolute Gasteiger partial charge is 0.497 e. The third kappa shape index (κ3) is 6.36. The summed E-state index contributed by atoms with van der Waals surface area (Å²) in [6.07, 6.45) is 5.45. The molecule has 3 aromatic rings. The summed E-state index contributed by atoms with van der Waals surface area (Å²) in [6.45, 7) is 3.99. The minimum absolute atomic E-state index is 0.0140. The van der Waals surface area contributed by atoms with Gasteiger partial charge in [-0.25, -0.2) is 9.97 Å². The second-order valence-electron chi connectivity index (χ2n) is 7.77. The lowest BCUT2D eigenvalue weighted by molar-refractivity contribution is -0.118. The molecule has 0 spiro atoms. The minimum atomic E-state index is -0.0140. The molecule has 0 aliphatic carbocycles. The number of anilines is 2. The van der Waals surface area contributed by atoms with Gasteiger partial charge in [-0.05, 0) is 48.2 Å². The van der Waals surface area contributed by atoms with Gasteiger partial charge in [-0.3, -0.25) is 4.79 Å². The van der Waals surface area contributed by atoms with E-state index in [4.69, 9.17) is 4.74 Å². The van der Waals surface area contributed by atoms with Crippen molar-refractivity contribution in [1.82, 2.24) is 15.3 Å². The zero-order valence-corrected chi connectivity index (χ0v) is 21.1. The number of rotatable bonds is 9. The molecule has 1 aliphatic rings. The van der Waals surface area contributed by atoms with E-state index in [-0.39, 0.29) is 5.91 Å². The Morgan fingerprint density at radius 3 is 2.32 bits per heavy atom. The maximum atomic E-state index is 12.4. The van der Waals surface area contributed by atoms with Crippen LogP contribution >= 0.6 is 23.5 Å². The number of thioether (sulfide) groups is 2. The number of carbonyl (C=O) groups excluding carboxylic acids is 1. The van der Waals surface area contributed by atoms with E-state index >= 15 is 0 Å². The predicted molar refractivity (Wildman–Crippen MR) is 140 cm³/mol. The first kappa shape index (κ1) is 24.2. The van der Waals surface area contributed by atoms with Gasteiger partial charge in [-0.2, -0.15) is 0 Å². The summed E-state index contributed by atoms with van der Waals surface area (Å²) in [5, 5.41) is 3.79. The van der Waals surface area contributed by atoms with Crippen LogP contribution in [0.25, 0.3) is 0 Å². The van der Waals surface area contributed by atoms with Crippen LogP contribution in [0.15, 0.2) is 70.8 Å². The van der Waals surface area contributed by atoms with Crippen LogP contribution in [0.2, 0.25) is 0 Å². The second-order valence-corrected chi connectivity index (χ2v) is 9.61. The number of piperazine rings is 1. The third-order valence-electron chi connectivity index (χ3n) is 5.65. The monoisotopic (exact) mass is 495 g/mol. The molecule has 1 fully saturated rings. The Bertz CT molecular complexity index is 1070. The van der Waals surface area contributed by atoms with Crippen LogP contribution in [0, 0.1) is 0 Å². The number of methoxy groups -OCH3 is 1. The molecule has 1 amide bonds. The van der Waals surface area contributed by atoms with Crippen LogP contribution < -0.4 is 19.9 Å². The van der Waals surface area contributed by atoms with Gasteiger partial charge in [-0.1, -0.05) is 23.9 Å². The highest BCUT2D eigenvalue weighted by molar-refractivity contribution is 8.00. The van der Waals surface area contributed by atoms with Gasteiger partial charge in [0.1, 0.15) is 10.8 Å². The zero-order valence-electron chi connectivity index (χ0n) is 19.4. The first-order valence-corrected chi connectivity index (χ1v) is 13.3. The topological polar surface area (TPSA) is 70.6 Å². The van der Waals surface area contributed by atoms with Crippen molar-refractivity contribution >= 4 is 40.9 Å². The molecule has 2 aromatic carbocycles. The predicted octanol–water partition coefficient (Wildman–Crippen LogP) is 3.94. The number of ether oxygens (including phenoxy) is 1. The van der Waals surface area contributed by atoms with Gasteiger partial charge < -0.3 is 19.9 Å². The Balaban J connectivity index is 1.29. The first-order chi connectivity index (χ1) is 16.7. The number of carbonyl (C=O) groups is 1. The highest BCUT2D eigenvalue weighted by atomic mass is 32.2. The van der Waals surface area contributed by atoms with E-state index in [1.807, 2.05) is 24.3 Å². The summed E-state index contributed by atoms with van der Waals surface area (Å²) in [4.78, 5) is 27.3. The molecule has 0 bridgehead atoms. The number of nitrogens with zero attached hydrogens (tertiary/aromatic N) is 4. The molecule has 1 N–H and O–H groups in total.